The standard InChI is InChI=1S/C21H24N6O2/c1-12(26-27-21(22)23)14-5-7-16(8-6-14)24-13(2)17-9-15-10-19(28-3)20(29-4)11-18(15)25-17/h5-11,24-25H,2H2,1,3-4H3,(H4,22,23,27)/b26-12+. The molecular formula is C21H24N6O2. The first-order valence-corrected chi connectivity index (χ1v) is 8.87. The highest BCUT2D eigenvalue weighted by Crippen LogP contribution is 2.33. The fourth-order valence-electron chi connectivity index (χ4n) is 2.87. The third-order valence-corrected chi connectivity index (χ3v) is 4.39. The van der Waals surface area contributed by atoms with E-state index in [1.807, 2.05) is 49.4 Å². The molecule has 0 saturated heterocycles. The summed E-state index contributed by atoms with van der Waals surface area (Å²) in [5.74, 6) is 1.14. The summed E-state index contributed by atoms with van der Waals surface area (Å²) in [4.78, 5) is 3.34. The van der Waals surface area contributed by atoms with Gasteiger partial charge in [0.25, 0.3) is 0 Å². The van der Waals surface area contributed by atoms with Gasteiger partial charge in [0.1, 0.15) is 0 Å². The maximum atomic E-state index is 7.15. The Morgan fingerprint density at radius 1 is 1.10 bits per heavy atom. The van der Waals surface area contributed by atoms with Gasteiger partial charge in [-0.3, -0.25) is 5.41 Å². The number of methoxy groups -OCH3 is 2. The number of aromatic amines is 1. The third-order valence-electron chi connectivity index (χ3n) is 4.39. The van der Waals surface area contributed by atoms with Crippen LogP contribution in [0.5, 0.6) is 11.5 Å². The number of fused-ring (bicyclic) bond motifs is 1. The second kappa shape index (κ2) is 8.39. The van der Waals surface area contributed by atoms with Gasteiger partial charge >= 0.3 is 0 Å². The number of hydrogen-bond donors (Lipinski definition) is 5. The summed E-state index contributed by atoms with van der Waals surface area (Å²) in [7, 11) is 3.23. The van der Waals surface area contributed by atoms with E-state index in [1.165, 1.54) is 0 Å². The van der Waals surface area contributed by atoms with Gasteiger partial charge in [0.05, 0.1) is 31.3 Å². The van der Waals surface area contributed by atoms with Crippen LogP contribution in [0.2, 0.25) is 0 Å². The molecule has 0 aliphatic rings. The molecule has 0 saturated carbocycles. The number of hydrazone groups is 1. The van der Waals surface area contributed by atoms with Crippen LogP contribution in [0.4, 0.5) is 5.69 Å². The SMILES string of the molecule is C=C(Nc1ccc(/C(C)=N/NC(=N)N)cc1)c1cc2cc(OC)c(OC)cc2[nH]1. The average Bonchev–Trinajstić information content (AvgIpc) is 3.14. The number of H-pyrrole nitrogens is 1. The van der Waals surface area contributed by atoms with Crippen LogP contribution in [-0.4, -0.2) is 30.9 Å². The quantitative estimate of drug-likeness (QED) is 0.239. The summed E-state index contributed by atoms with van der Waals surface area (Å²) in [6, 6.07) is 13.5. The summed E-state index contributed by atoms with van der Waals surface area (Å²) in [5.41, 5.74) is 12.7. The lowest BCUT2D eigenvalue weighted by molar-refractivity contribution is 0.356. The van der Waals surface area contributed by atoms with E-state index in [0.29, 0.717) is 11.5 Å². The van der Waals surface area contributed by atoms with Crippen LogP contribution in [0.25, 0.3) is 16.6 Å². The number of nitrogens with zero attached hydrogens (tertiary/aromatic N) is 1. The highest BCUT2D eigenvalue weighted by Gasteiger charge is 2.10. The molecule has 0 unspecified atom stereocenters. The lowest BCUT2D eigenvalue weighted by Gasteiger charge is -2.09. The van der Waals surface area contributed by atoms with Gasteiger partial charge in [-0.2, -0.15) is 5.10 Å². The van der Waals surface area contributed by atoms with Crippen LogP contribution < -0.4 is 25.9 Å². The number of benzene rings is 2. The third kappa shape index (κ3) is 4.49. The van der Waals surface area contributed by atoms with Crippen molar-refractivity contribution in [3.8, 4) is 11.5 Å². The first-order valence-electron chi connectivity index (χ1n) is 8.87. The fourth-order valence-corrected chi connectivity index (χ4v) is 2.87. The Morgan fingerprint density at radius 3 is 2.38 bits per heavy atom. The molecule has 0 amide bonds. The van der Waals surface area contributed by atoms with Gasteiger partial charge < -0.3 is 25.5 Å². The summed E-state index contributed by atoms with van der Waals surface area (Å²) in [6.07, 6.45) is 0. The Labute approximate surface area is 168 Å². The van der Waals surface area contributed by atoms with Crippen molar-refractivity contribution in [2.45, 2.75) is 6.92 Å². The second-order valence-corrected chi connectivity index (χ2v) is 6.38. The van der Waals surface area contributed by atoms with E-state index in [1.54, 1.807) is 14.2 Å². The molecule has 0 radical (unpaired) electrons. The van der Waals surface area contributed by atoms with Crippen LogP contribution in [0.3, 0.4) is 0 Å². The van der Waals surface area contributed by atoms with Gasteiger partial charge in [-0.25, -0.2) is 5.43 Å². The number of guanidine groups is 1. The maximum Gasteiger partial charge on any atom is 0.206 e. The minimum atomic E-state index is -0.201. The zero-order valence-corrected chi connectivity index (χ0v) is 16.6. The number of aromatic nitrogens is 1. The van der Waals surface area contributed by atoms with E-state index in [-0.39, 0.29) is 5.96 Å². The summed E-state index contributed by atoms with van der Waals surface area (Å²) < 4.78 is 10.7. The molecule has 8 nitrogen and oxygen atoms in total. The second-order valence-electron chi connectivity index (χ2n) is 6.38. The molecule has 1 aromatic heterocycles. The van der Waals surface area contributed by atoms with Crippen molar-refractivity contribution in [3.05, 3.63) is 60.3 Å². The van der Waals surface area contributed by atoms with Crippen LogP contribution in [0, 0.1) is 5.41 Å². The van der Waals surface area contributed by atoms with E-state index >= 15 is 0 Å². The van der Waals surface area contributed by atoms with Gasteiger partial charge in [-0.05, 0) is 36.8 Å². The van der Waals surface area contributed by atoms with Crippen molar-refractivity contribution in [2.24, 2.45) is 10.8 Å². The largest absolute Gasteiger partial charge is 0.493 e. The van der Waals surface area contributed by atoms with E-state index in [2.05, 4.69) is 27.4 Å². The van der Waals surface area contributed by atoms with E-state index in [9.17, 15) is 0 Å². The Bertz CT molecular complexity index is 1040. The zero-order chi connectivity index (χ0) is 21.0. The average molecular weight is 392 g/mol. The van der Waals surface area contributed by atoms with Crippen LogP contribution in [0.15, 0.2) is 54.1 Å². The molecule has 2 aromatic carbocycles. The minimum absolute atomic E-state index is 0.201. The van der Waals surface area contributed by atoms with Crippen molar-refractivity contribution in [1.29, 1.82) is 5.41 Å². The number of nitrogens with one attached hydrogen (secondary N) is 4. The molecule has 0 fully saturated rings. The first-order chi connectivity index (χ1) is 13.9. The van der Waals surface area contributed by atoms with Crippen LogP contribution in [0.1, 0.15) is 18.2 Å². The summed E-state index contributed by atoms with van der Waals surface area (Å²) in [5, 5.41) is 15.5. The molecule has 150 valence electrons. The smallest absolute Gasteiger partial charge is 0.206 e. The molecule has 3 aromatic rings. The number of rotatable bonds is 7. The molecule has 3 rings (SSSR count). The first kappa shape index (κ1) is 19.8. The van der Waals surface area contributed by atoms with Crippen LogP contribution >= 0.6 is 0 Å². The normalized spacial score (nSPS) is 11.2. The Kier molecular flexibility index (Phi) is 5.73. The molecule has 6 N–H and O–H groups in total. The Morgan fingerprint density at radius 2 is 1.76 bits per heavy atom. The van der Waals surface area contributed by atoms with E-state index < -0.39 is 0 Å². The highest BCUT2D eigenvalue weighted by atomic mass is 16.5. The Hall–Kier alpha value is -3.94. The van der Waals surface area contributed by atoms with Gasteiger partial charge in [0.15, 0.2) is 11.5 Å². The topological polar surface area (TPSA) is 121 Å². The molecule has 0 atom stereocenters. The van der Waals surface area contributed by atoms with Gasteiger partial charge in [-0.1, -0.05) is 18.7 Å². The molecule has 0 aliphatic heterocycles. The number of nitrogens with two attached hydrogens (primary N) is 1. The monoisotopic (exact) mass is 392 g/mol. The van der Waals surface area contributed by atoms with Crippen LogP contribution in [-0.2, 0) is 0 Å². The lowest BCUT2D eigenvalue weighted by Crippen LogP contribution is -2.26. The minimum Gasteiger partial charge on any atom is -0.493 e. The number of anilines is 1. The van der Waals surface area contributed by atoms with Crippen molar-refractivity contribution >= 4 is 34.0 Å². The predicted octanol–water partition coefficient (Wildman–Crippen LogP) is 3.47. The van der Waals surface area contributed by atoms with Gasteiger partial charge in [0, 0.05) is 22.7 Å². The number of hydrogen-bond acceptors (Lipinski definition) is 5. The molecule has 0 spiro atoms. The summed E-state index contributed by atoms with van der Waals surface area (Å²) >= 11 is 0. The van der Waals surface area contributed by atoms with Gasteiger partial charge in [-0.15, -0.1) is 0 Å². The predicted molar refractivity (Wildman–Crippen MR) is 118 cm³/mol. The molecule has 8 heteroatoms. The van der Waals surface area contributed by atoms with Crippen molar-refractivity contribution in [3.63, 3.8) is 0 Å². The van der Waals surface area contributed by atoms with E-state index in [4.69, 9.17) is 20.6 Å². The van der Waals surface area contributed by atoms with Crippen molar-refractivity contribution < 1.29 is 9.47 Å². The summed E-state index contributed by atoms with van der Waals surface area (Å²) in [6.45, 7) is 5.97. The van der Waals surface area contributed by atoms with Crippen molar-refractivity contribution in [2.75, 3.05) is 19.5 Å². The molecule has 1 heterocycles. The molecule has 0 bridgehead atoms. The molecule has 29 heavy (non-hydrogen) atoms. The highest BCUT2D eigenvalue weighted by molar-refractivity contribution is 5.99. The fraction of sp³-hybridized carbons (Fsp3) is 0.143. The lowest BCUT2D eigenvalue weighted by atomic mass is 10.1. The number of ether oxygens (including phenoxy) is 2. The van der Waals surface area contributed by atoms with Crippen molar-refractivity contribution in [1.82, 2.24) is 10.4 Å². The Balaban J connectivity index is 1.76. The maximum absolute atomic E-state index is 7.15. The zero-order valence-electron chi connectivity index (χ0n) is 16.6. The van der Waals surface area contributed by atoms with Gasteiger partial charge in [0.2, 0.25) is 5.96 Å². The molecule has 0 aliphatic carbocycles. The molecular weight excluding hydrogens is 368 g/mol. The van der Waals surface area contributed by atoms with E-state index in [0.717, 1.165) is 39.3 Å².